The van der Waals surface area contributed by atoms with Crippen molar-refractivity contribution >= 4 is 11.9 Å². The van der Waals surface area contributed by atoms with Gasteiger partial charge in [0.15, 0.2) is 6.10 Å². The molecule has 0 saturated carbocycles. The van der Waals surface area contributed by atoms with Crippen molar-refractivity contribution in [3.05, 3.63) is 6.07 Å². The number of aromatic nitrogens is 2. The fourth-order valence-electron chi connectivity index (χ4n) is 1.61. The molecule has 0 saturated heterocycles. The molecule has 2 N–H and O–H groups in total. The third kappa shape index (κ3) is 5.28. The summed E-state index contributed by atoms with van der Waals surface area (Å²) in [6.45, 7) is 4.88. The van der Waals surface area contributed by atoms with Gasteiger partial charge in [-0.05, 0) is 12.8 Å². The molecule has 9 nitrogen and oxygen atoms in total. The summed E-state index contributed by atoms with van der Waals surface area (Å²) in [5.41, 5.74) is 0. The molecule has 1 aromatic heterocycles. The van der Waals surface area contributed by atoms with Crippen LogP contribution in [0.1, 0.15) is 20.8 Å². The van der Waals surface area contributed by atoms with E-state index < -0.39 is 24.0 Å². The van der Waals surface area contributed by atoms with Gasteiger partial charge in [0.25, 0.3) is 5.91 Å². The lowest BCUT2D eigenvalue weighted by Gasteiger charge is -2.22. The molecule has 0 aliphatic rings. The van der Waals surface area contributed by atoms with Gasteiger partial charge in [0.2, 0.25) is 11.8 Å². The molecule has 1 heterocycles. The van der Waals surface area contributed by atoms with Crippen LogP contribution in [0.5, 0.6) is 17.8 Å². The third-order valence-electron chi connectivity index (χ3n) is 2.90. The summed E-state index contributed by atoms with van der Waals surface area (Å²) in [6.07, 6.45) is -0.964. The van der Waals surface area contributed by atoms with Gasteiger partial charge >= 0.3 is 12.0 Å². The van der Waals surface area contributed by atoms with E-state index in [9.17, 15) is 9.59 Å². The van der Waals surface area contributed by atoms with Crippen molar-refractivity contribution in [2.24, 2.45) is 5.92 Å². The largest absolute Gasteiger partial charge is 0.481 e. The highest BCUT2D eigenvalue weighted by atomic mass is 16.5. The van der Waals surface area contributed by atoms with Gasteiger partial charge in [0.1, 0.15) is 6.04 Å². The van der Waals surface area contributed by atoms with Gasteiger partial charge in [0, 0.05) is 0 Å². The van der Waals surface area contributed by atoms with E-state index in [-0.39, 0.29) is 23.7 Å². The smallest absolute Gasteiger partial charge is 0.325 e. The standard InChI is InChI=1S/C14H21N3O6/c1-7(2)11(12(18)15-8(3)13(19)20)23-14-16-9(21-4)6-10(17-14)22-5/h6-8,11H,1-5H3,(H,15,18)(H,19,20)/t8-,11?/m0/s1. The van der Waals surface area contributed by atoms with E-state index >= 15 is 0 Å². The fraction of sp³-hybridized carbons (Fsp3) is 0.571. The number of rotatable bonds is 8. The van der Waals surface area contributed by atoms with Crippen molar-refractivity contribution in [3.63, 3.8) is 0 Å². The monoisotopic (exact) mass is 327 g/mol. The van der Waals surface area contributed by atoms with Crippen LogP contribution in [0.25, 0.3) is 0 Å². The molecule has 1 amide bonds. The van der Waals surface area contributed by atoms with Gasteiger partial charge in [-0.15, -0.1) is 0 Å². The Morgan fingerprint density at radius 3 is 2.04 bits per heavy atom. The maximum Gasteiger partial charge on any atom is 0.325 e. The van der Waals surface area contributed by atoms with E-state index in [1.54, 1.807) is 13.8 Å². The minimum absolute atomic E-state index is 0.0990. The van der Waals surface area contributed by atoms with Crippen LogP contribution < -0.4 is 19.5 Å². The summed E-state index contributed by atoms with van der Waals surface area (Å²) >= 11 is 0. The Hall–Kier alpha value is -2.58. The summed E-state index contributed by atoms with van der Waals surface area (Å²) in [6, 6.07) is 0.329. The normalized spacial score (nSPS) is 13.1. The van der Waals surface area contributed by atoms with Gasteiger partial charge in [-0.3, -0.25) is 9.59 Å². The van der Waals surface area contributed by atoms with Crippen LogP contribution in [0.4, 0.5) is 0 Å². The molecule has 23 heavy (non-hydrogen) atoms. The molecule has 0 aliphatic heterocycles. The topological polar surface area (TPSA) is 120 Å². The SMILES string of the molecule is COc1cc(OC)nc(OC(C(=O)N[C@@H](C)C(=O)O)C(C)C)n1. The zero-order valence-corrected chi connectivity index (χ0v) is 13.7. The predicted molar refractivity (Wildman–Crippen MR) is 79.6 cm³/mol. The van der Waals surface area contributed by atoms with Crippen LogP contribution in [0, 0.1) is 5.92 Å². The van der Waals surface area contributed by atoms with E-state index in [2.05, 4.69) is 15.3 Å². The number of methoxy groups -OCH3 is 2. The Morgan fingerprint density at radius 2 is 1.65 bits per heavy atom. The van der Waals surface area contributed by atoms with Crippen LogP contribution in [0.2, 0.25) is 0 Å². The highest BCUT2D eigenvalue weighted by molar-refractivity contribution is 5.86. The van der Waals surface area contributed by atoms with E-state index in [1.807, 2.05) is 0 Å². The highest BCUT2D eigenvalue weighted by Crippen LogP contribution is 2.21. The van der Waals surface area contributed by atoms with Crippen molar-refractivity contribution in [1.82, 2.24) is 15.3 Å². The predicted octanol–water partition coefficient (Wildman–Crippen LogP) is 0.487. The summed E-state index contributed by atoms with van der Waals surface area (Å²) in [5.74, 6) is -1.51. The van der Waals surface area contributed by atoms with E-state index in [0.717, 1.165) is 0 Å². The Labute approximate surface area is 134 Å². The lowest BCUT2D eigenvalue weighted by molar-refractivity contribution is -0.143. The van der Waals surface area contributed by atoms with Crippen LogP contribution in [0.3, 0.4) is 0 Å². The lowest BCUT2D eigenvalue weighted by Crippen LogP contribution is -2.47. The first-order valence-electron chi connectivity index (χ1n) is 6.95. The van der Waals surface area contributed by atoms with Crippen molar-refractivity contribution in [2.45, 2.75) is 32.9 Å². The van der Waals surface area contributed by atoms with Gasteiger partial charge in [-0.2, -0.15) is 9.97 Å². The fourth-order valence-corrected chi connectivity index (χ4v) is 1.61. The first-order chi connectivity index (χ1) is 10.8. The number of ether oxygens (including phenoxy) is 3. The Kier molecular flexibility index (Phi) is 6.55. The lowest BCUT2D eigenvalue weighted by atomic mass is 10.1. The number of amides is 1. The molecule has 9 heteroatoms. The van der Waals surface area contributed by atoms with E-state index in [4.69, 9.17) is 19.3 Å². The van der Waals surface area contributed by atoms with Crippen molar-refractivity contribution in [2.75, 3.05) is 14.2 Å². The van der Waals surface area contributed by atoms with E-state index in [1.165, 1.54) is 27.2 Å². The van der Waals surface area contributed by atoms with E-state index in [0.29, 0.717) is 0 Å². The van der Waals surface area contributed by atoms with Crippen LogP contribution in [-0.4, -0.2) is 53.3 Å². The van der Waals surface area contributed by atoms with Gasteiger partial charge in [-0.25, -0.2) is 0 Å². The van der Waals surface area contributed by atoms with Crippen LogP contribution >= 0.6 is 0 Å². The summed E-state index contributed by atoms with van der Waals surface area (Å²) in [7, 11) is 2.85. The number of hydrogen-bond acceptors (Lipinski definition) is 7. The van der Waals surface area contributed by atoms with Crippen molar-refractivity contribution < 1.29 is 28.9 Å². The maximum atomic E-state index is 12.2. The number of nitrogens with one attached hydrogen (secondary N) is 1. The molecule has 1 aromatic rings. The third-order valence-corrected chi connectivity index (χ3v) is 2.90. The molecule has 0 radical (unpaired) electrons. The maximum absolute atomic E-state index is 12.2. The highest BCUT2D eigenvalue weighted by Gasteiger charge is 2.28. The first kappa shape index (κ1) is 18.5. The second-order valence-corrected chi connectivity index (χ2v) is 5.09. The zero-order valence-electron chi connectivity index (χ0n) is 13.7. The second kappa shape index (κ2) is 8.16. The number of nitrogens with zero attached hydrogens (tertiary/aromatic N) is 2. The summed E-state index contributed by atoms with van der Waals surface area (Å²) < 4.78 is 15.5. The Balaban J connectivity index is 2.95. The molecular weight excluding hydrogens is 306 g/mol. The molecule has 128 valence electrons. The zero-order chi connectivity index (χ0) is 17.6. The number of carboxylic acids is 1. The number of hydrogen-bond donors (Lipinski definition) is 2. The van der Waals surface area contributed by atoms with Crippen molar-refractivity contribution in [1.29, 1.82) is 0 Å². The molecular formula is C14H21N3O6. The minimum Gasteiger partial charge on any atom is -0.481 e. The molecule has 1 unspecified atom stereocenters. The number of carbonyl (C=O) groups excluding carboxylic acids is 1. The van der Waals surface area contributed by atoms with Gasteiger partial charge < -0.3 is 24.6 Å². The summed E-state index contributed by atoms with van der Waals surface area (Å²) in [5, 5.41) is 11.2. The van der Waals surface area contributed by atoms with Crippen LogP contribution in [-0.2, 0) is 9.59 Å². The second-order valence-electron chi connectivity index (χ2n) is 5.09. The van der Waals surface area contributed by atoms with Crippen molar-refractivity contribution in [3.8, 4) is 17.8 Å². The average molecular weight is 327 g/mol. The van der Waals surface area contributed by atoms with Gasteiger partial charge in [0.05, 0.1) is 20.3 Å². The minimum atomic E-state index is -1.14. The molecule has 0 spiro atoms. The molecule has 0 bridgehead atoms. The molecule has 1 rings (SSSR count). The van der Waals surface area contributed by atoms with Crippen LogP contribution in [0.15, 0.2) is 6.07 Å². The molecule has 0 aliphatic carbocycles. The number of aliphatic carboxylic acids is 1. The molecule has 0 fully saturated rings. The Morgan fingerprint density at radius 1 is 1.13 bits per heavy atom. The Bertz CT molecular complexity index is 541. The average Bonchev–Trinajstić information content (AvgIpc) is 2.51. The summed E-state index contributed by atoms with van der Waals surface area (Å²) in [4.78, 5) is 31.0. The molecule has 2 atom stereocenters. The first-order valence-corrected chi connectivity index (χ1v) is 6.95. The van der Waals surface area contributed by atoms with Gasteiger partial charge in [-0.1, -0.05) is 13.8 Å². The number of carboxylic acid groups (broad SMARTS) is 1. The number of carbonyl (C=O) groups is 2. The molecule has 0 aromatic carbocycles. The quantitative estimate of drug-likeness (QED) is 0.707.